The summed E-state index contributed by atoms with van der Waals surface area (Å²) >= 11 is 0. The second-order valence-corrected chi connectivity index (χ2v) is 2.53. The molecule has 0 atom stereocenters. The first-order valence-corrected chi connectivity index (χ1v) is 4.37. The fourth-order valence-corrected chi connectivity index (χ4v) is 0.747. The fourth-order valence-electron chi connectivity index (χ4n) is 0.747. The maximum Gasteiger partial charge on any atom is 0.673 e. The van der Waals surface area contributed by atoms with Crippen LogP contribution in [0.15, 0.2) is 24.5 Å². The Morgan fingerprint density at radius 3 is 2.38 bits per heavy atom. The highest BCUT2D eigenvalue weighted by atomic mass is 19.5. The summed E-state index contributed by atoms with van der Waals surface area (Å²) in [6.45, 7) is 2.48. The normalized spacial score (nSPS) is 10.1. The minimum Gasteiger partial charge on any atom is -0.445 e. The summed E-state index contributed by atoms with van der Waals surface area (Å²) in [4.78, 5) is 3.91. The Morgan fingerprint density at radius 1 is 1.44 bits per heavy atom. The van der Waals surface area contributed by atoms with Crippen LogP contribution in [0.4, 0.5) is 17.3 Å². The molecule has 16 heavy (non-hydrogen) atoms. The molecule has 90 valence electrons. The van der Waals surface area contributed by atoms with E-state index in [-0.39, 0.29) is 0 Å². The van der Waals surface area contributed by atoms with Gasteiger partial charge in [-0.3, -0.25) is 4.98 Å². The molecule has 2 N–H and O–H groups in total. The molecule has 8 heteroatoms. The minimum absolute atomic E-state index is 0.431. The topological polar surface area (TPSA) is 47.7 Å². The molecule has 0 aliphatic heterocycles. The van der Waals surface area contributed by atoms with E-state index in [0.717, 1.165) is 5.56 Å². The van der Waals surface area contributed by atoms with Crippen LogP contribution in [0, 0.1) is 0 Å². The van der Waals surface area contributed by atoms with Gasteiger partial charge in [-0.05, 0) is 19.1 Å². The number of hydrogen-bond acceptors (Lipinski definition) is 2. The van der Waals surface area contributed by atoms with Crippen molar-refractivity contribution < 1.29 is 27.4 Å². The Kier molecular flexibility index (Phi) is 6.13. The standard InChI is InChI=1S/C8H10N2O.BF4/c1-2-11-8(9)7-4-3-5-10-6-7;2-1(3,4)5/h3-6,9H,2H2,1H3;/q;-1/p+1. The van der Waals surface area contributed by atoms with Gasteiger partial charge < -0.3 is 22.0 Å². The summed E-state index contributed by atoms with van der Waals surface area (Å²) in [6.07, 6.45) is 3.37. The van der Waals surface area contributed by atoms with Crippen LogP contribution in [0.5, 0.6) is 0 Å². The zero-order valence-corrected chi connectivity index (χ0v) is 8.54. The lowest BCUT2D eigenvalue weighted by Crippen LogP contribution is -2.42. The second-order valence-electron chi connectivity index (χ2n) is 2.53. The lowest BCUT2D eigenvalue weighted by atomic mass is 10.3. The van der Waals surface area contributed by atoms with Crippen LogP contribution in [0.3, 0.4) is 0 Å². The molecule has 1 aromatic rings. The molecule has 0 spiro atoms. The van der Waals surface area contributed by atoms with Crippen LogP contribution < -0.4 is 5.41 Å². The number of rotatable bonds is 2. The lowest BCUT2D eigenvalue weighted by Gasteiger charge is -1.97. The van der Waals surface area contributed by atoms with Crippen LogP contribution in [-0.4, -0.2) is 24.7 Å². The maximum absolute atomic E-state index is 9.75. The Hall–Kier alpha value is -1.60. The molecular formula is C8H11BF4N2O. The molecule has 0 aliphatic carbocycles. The van der Waals surface area contributed by atoms with Gasteiger partial charge >= 0.3 is 13.2 Å². The average molecular weight is 238 g/mol. The van der Waals surface area contributed by atoms with Crippen molar-refractivity contribution in [3.63, 3.8) is 0 Å². The zero-order valence-electron chi connectivity index (χ0n) is 8.54. The summed E-state index contributed by atoms with van der Waals surface area (Å²) in [5, 5.41) is 5.56. The van der Waals surface area contributed by atoms with Gasteiger partial charge in [0.25, 0.3) is 0 Å². The van der Waals surface area contributed by atoms with E-state index in [1.54, 1.807) is 12.4 Å². The van der Waals surface area contributed by atoms with Gasteiger partial charge in [0.15, 0.2) is 0 Å². The van der Waals surface area contributed by atoms with E-state index >= 15 is 0 Å². The summed E-state index contributed by atoms with van der Waals surface area (Å²) in [5.74, 6) is 0.431. The SMILES string of the molecule is CCOC(=[NH2+])c1cccnc1.F[B-](F)(F)F. The number of nitrogens with zero attached hydrogens (tertiary/aromatic N) is 1. The first kappa shape index (κ1) is 14.4. The van der Waals surface area contributed by atoms with Crippen molar-refractivity contribution in [1.82, 2.24) is 4.98 Å². The van der Waals surface area contributed by atoms with Crippen molar-refractivity contribution in [1.29, 1.82) is 0 Å². The first-order chi connectivity index (χ1) is 7.34. The molecule has 0 unspecified atom stereocenters. The molecule has 1 heterocycles. The van der Waals surface area contributed by atoms with Gasteiger partial charge in [-0.15, -0.1) is 0 Å². The monoisotopic (exact) mass is 238 g/mol. The summed E-state index contributed by atoms with van der Waals surface area (Å²) in [5.41, 5.74) is 0.828. The zero-order chi connectivity index (χ0) is 12.6. The molecule has 0 bridgehead atoms. The van der Waals surface area contributed by atoms with E-state index < -0.39 is 7.25 Å². The van der Waals surface area contributed by atoms with Gasteiger partial charge in [0, 0.05) is 12.4 Å². The van der Waals surface area contributed by atoms with E-state index in [4.69, 9.17) is 10.1 Å². The van der Waals surface area contributed by atoms with Crippen LogP contribution >= 0.6 is 0 Å². The number of aromatic nitrogens is 1. The second kappa shape index (κ2) is 6.81. The van der Waals surface area contributed by atoms with Crippen molar-refractivity contribution in [3.05, 3.63) is 30.1 Å². The van der Waals surface area contributed by atoms with E-state index in [0.29, 0.717) is 12.5 Å². The molecule has 0 saturated carbocycles. The number of pyridine rings is 1. The average Bonchev–Trinajstić information content (AvgIpc) is 2.17. The summed E-state index contributed by atoms with van der Waals surface area (Å²) < 4.78 is 44.1. The predicted molar refractivity (Wildman–Crippen MR) is 52.1 cm³/mol. The highest BCUT2D eigenvalue weighted by molar-refractivity contribution is 6.50. The number of nitrogens with two attached hydrogens (primary N) is 1. The molecule has 0 radical (unpaired) electrons. The highest BCUT2D eigenvalue weighted by Gasteiger charge is 2.20. The van der Waals surface area contributed by atoms with E-state index in [9.17, 15) is 17.3 Å². The van der Waals surface area contributed by atoms with Crippen molar-refractivity contribution in [2.24, 2.45) is 0 Å². The van der Waals surface area contributed by atoms with Gasteiger partial charge in [0.2, 0.25) is 0 Å². The fraction of sp³-hybridized carbons (Fsp3) is 0.250. The van der Waals surface area contributed by atoms with E-state index in [1.165, 1.54) is 0 Å². The highest BCUT2D eigenvalue weighted by Crippen LogP contribution is 2.06. The molecule has 0 fully saturated rings. The molecular weight excluding hydrogens is 227 g/mol. The van der Waals surface area contributed by atoms with Crippen LogP contribution in [0.2, 0.25) is 0 Å². The molecule has 0 aromatic carbocycles. The van der Waals surface area contributed by atoms with Crippen molar-refractivity contribution in [2.75, 3.05) is 6.61 Å². The summed E-state index contributed by atoms with van der Waals surface area (Å²) in [7, 11) is -6.00. The Balaban J connectivity index is 0.000000385. The Bertz CT molecular complexity index is 312. The smallest absolute Gasteiger partial charge is 0.445 e. The van der Waals surface area contributed by atoms with Crippen molar-refractivity contribution in [2.45, 2.75) is 6.92 Å². The maximum atomic E-state index is 9.75. The molecule has 3 nitrogen and oxygen atoms in total. The number of ether oxygens (including phenoxy) is 1. The quantitative estimate of drug-likeness (QED) is 0.360. The van der Waals surface area contributed by atoms with Gasteiger partial charge in [0.1, 0.15) is 5.56 Å². The van der Waals surface area contributed by atoms with Gasteiger partial charge in [-0.2, -0.15) is 0 Å². The van der Waals surface area contributed by atoms with Gasteiger partial charge in [0.05, 0.1) is 6.61 Å². The molecule has 0 aliphatic rings. The third kappa shape index (κ3) is 8.98. The first-order valence-electron chi connectivity index (χ1n) is 4.37. The number of halogens is 4. The van der Waals surface area contributed by atoms with E-state index in [2.05, 4.69) is 4.98 Å². The minimum atomic E-state index is -6.00. The molecule has 0 amide bonds. The molecule has 0 saturated heterocycles. The van der Waals surface area contributed by atoms with Crippen LogP contribution in [0.1, 0.15) is 12.5 Å². The third-order valence-electron chi connectivity index (χ3n) is 1.25. The van der Waals surface area contributed by atoms with Crippen LogP contribution in [0.25, 0.3) is 0 Å². The molecule has 1 aromatic heterocycles. The lowest BCUT2D eigenvalue weighted by molar-refractivity contribution is -0.138. The van der Waals surface area contributed by atoms with Gasteiger partial charge in [-0.25, -0.2) is 5.41 Å². The Morgan fingerprint density at radius 2 is 2.00 bits per heavy atom. The summed E-state index contributed by atoms with van der Waals surface area (Å²) in [6, 6.07) is 3.68. The van der Waals surface area contributed by atoms with E-state index in [1.807, 2.05) is 19.1 Å². The Labute approximate surface area is 90.1 Å². The number of hydrogen-bond donors (Lipinski definition) is 1. The molecule has 1 rings (SSSR count). The van der Waals surface area contributed by atoms with Gasteiger partial charge in [-0.1, -0.05) is 0 Å². The largest absolute Gasteiger partial charge is 0.673 e. The third-order valence-corrected chi connectivity index (χ3v) is 1.25. The van der Waals surface area contributed by atoms with Crippen LogP contribution in [-0.2, 0) is 4.74 Å². The van der Waals surface area contributed by atoms with Crippen molar-refractivity contribution >= 4 is 13.2 Å². The predicted octanol–water partition coefficient (Wildman–Crippen LogP) is 0.924. The van der Waals surface area contributed by atoms with Crippen molar-refractivity contribution in [3.8, 4) is 0 Å².